The van der Waals surface area contributed by atoms with Gasteiger partial charge in [-0.3, -0.25) is 10.1 Å². The van der Waals surface area contributed by atoms with Gasteiger partial charge in [0.1, 0.15) is 0 Å². The quantitative estimate of drug-likeness (QED) is 0.222. The third kappa shape index (κ3) is 4.90. The van der Waals surface area contributed by atoms with E-state index >= 15 is 0 Å². The number of carbonyl (C=O) groups is 1. The molecule has 7 nitrogen and oxygen atoms in total. The van der Waals surface area contributed by atoms with Crippen molar-refractivity contribution in [2.45, 2.75) is 0 Å². The Morgan fingerprint density at radius 3 is 2.70 bits per heavy atom. The Balaban J connectivity index is 1.95. The van der Waals surface area contributed by atoms with E-state index in [4.69, 9.17) is 17.3 Å². The van der Waals surface area contributed by atoms with E-state index in [1.807, 2.05) is 0 Å². The van der Waals surface area contributed by atoms with Crippen molar-refractivity contribution in [3.63, 3.8) is 0 Å². The molecule has 0 bridgehead atoms. The van der Waals surface area contributed by atoms with Crippen LogP contribution in [0.15, 0.2) is 46.9 Å². The predicted molar refractivity (Wildman–Crippen MR) is 88.3 cm³/mol. The molecule has 0 atom stereocenters. The molecule has 1 heterocycles. The van der Waals surface area contributed by atoms with Crippen molar-refractivity contribution in [2.75, 3.05) is 0 Å². The lowest BCUT2D eigenvalue weighted by Gasteiger charge is -1.99. The summed E-state index contributed by atoms with van der Waals surface area (Å²) >= 11 is 6.71. The van der Waals surface area contributed by atoms with Gasteiger partial charge in [-0.2, -0.15) is 0 Å². The van der Waals surface area contributed by atoms with Crippen LogP contribution in [0.5, 0.6) is 0 Å². The number of thiophene rings is 1. The van der Waals surface area contributed by atoms with Crippen LogP contribution >= 0.6 is 22.9 Å². The third-order valence-corrected chi connectivity index (χ3v) is 3.72. The third-order valence-electron chi connectivity index (χ3n) is 2.57. The minimum Gasteiger partial charge on any atom is -0.380 e. The van der Waals surface area contributed by atoms with Crippen LogP contribution in [0.4, 0.5) is 5.00 Å². The molecule has 23 heavy (non-hydrogen) atoms. The lowest BCUT2D eigenvalue weighted by Crippen LogP contribution is -2.14. The fourth-order valence-electron chi connectivity index (χ4n) is 1.48. The number of nitrogens with two attached hydrogens (primary N) is 1. The van der Waals surface area contributed by atoms with Crippen LogP contribution < -0.4 is 5.73 Å². The first-order chi connectivity index (χ1) is 11.0. The van der Waals surface area contributed by atoms with Crippen LogP contribution in [0, 0.1) is 10.1 Å². The van der Waals surface area contributed by atoms with Gasteiger partial charge < -0.3 is 10.6 Å². The zero-order chi connectivity index (χ0) is 16.8. The molecule has 0 saturated heterocycles. The van der Waals surface area contributed by atoms with Gasteiger partial charge in [0.15, 0.2) is 5.84 Å². The smallest absolute Gasteiger partial charge is 0.358 e. The number of nitrogens with zero attached hydrogens (tertiary/aromatic N) is 2. The Labute approximate surface area is 139 Å². The molecular formula is C14H10ClN3O4S. The van der Waals surface area contributed by atoms with Crippen molar-refractivity contribution in [3.8, 4) is 0 Å². The summed E-state index contributed by atoms with van der Waals surface area (Å²) in [6, 6.07) is 7.87. The summed E-state index contributed by atoms with van der Waals surface area (Å²) in [6.07, 6.45) is 2.49. The van der Waals surface area contributed by atoms with Crippen LogP contribution in [0.3, 0.4) is 0 Å². The van der Waals surface area contributed by atoms with Gasteiger partial charge in [0.2, 0.25) is 0 Å². The summed E-state index contributed by atoms with van der Waals surface area (Å²) in [7, 11) is 0. The average Bonchev–Trinajstić information content (AvgIpc) is 3.00. The van der Waals surface area contributed by atoms with E-state index in [1.165, 1.54) is 12.1 Å². The zero-order valence-corrected chi connectivity index (χ0v) is 13.1. The van der Waals surface area contributed by atoms with Crippen LogP contribution in [0.25, 0.3) is 6.08 Å². The highest BCUT2D eigenvalue weighted by Gasteiger charge is 2.08. The molecule has 2 rings (SSSR count). The summed E-state index contributed by atoms with van der Waals surface area (Å²) in [4.78, 5) is 26.2. The van der Waals surface area contributed by atoms with Gasteiger partial charge in [0.25, 0.3) is 0 Å². The largest absolute Gasteiger partial charge is 0.380 e. The average molecular weight is 352 g/mol. The van der Waals surface area contributed by atoms with Crippen LogP contribution in [-0.2, 0) is 9.63 Å². The Bertz CT molecular complexity index is 784. The lowest BCUT2D eigenvalue weighted by molar-refractivity contribution is -0.380. The predicted octanol–water partition coefficient (Wildman–Crippen LogP) is 3.19. The Kier molecular flexibility index (Phi) is 5.45. The van der Waals surface area contributed by atoms with Gasteiger partial charge in [0, 0.05) is 28.1 Å². The second-order valence-corrected chi connectivity index (χ2v) is 5.53. The maximum Gasteiger partial charge on any atom is 0.358 e. The second kappa shape index (κ2) is 7.52. The van der Waals surface area contributed by atoms with Crippen molar-refractivity contribution >= 4 is 45.8 Å². The van der Waals surface area contributed by atoms with Crippen molar-refractivity contribution in [2.24, 2.45) is 10.9 Å². The van der Waals surface area contributed by atoms with Crippen LogP contribution in [0.1, 0.15) is 11.1 Å². The van der Waals surface area contributed by atoms with Gasteiger partial charge in [-0.05, 0) is 35.9 Å². The highest BCUT2D eigenvalue weighted by Crippen LogP contribution is 2.23. The fourth-order valence-corrected chi connectivity index (χ4v) is 2.30. The minimum atomic E-state index is -0.754. The molecule has 0 aliphatic carbocycles. The maximum absolute atomic E-state index is 11.5. The van der Waals surface area contributed by atoms with Gasteiger partial charge in [-0.25, -0.2) is 4.79 Å². The molecule has 2 aromatic rings. The monoisotopic (exact) mass is 351 g/mol. The first kappa shape index (κ1) is 16.7. The number of hydrogen-bond donors (Lipinski definition) is 1. The number of amidine groups is 1. The number of carbonyl (C=O) groups excluding carboxylic acids is 1. The topological polar surface area (TPSA) is 108 Å². The molecule has 0 radical (unpaired) electrons. The Hall–Kier alpha value is -2.71. The normalized spacial score (nSPS) is 11.6. The molecule has 0 amide bonds. The summed E-state index contributed by atoms with van der Waals surface area (Å²) in [5, 5.41) is 16.1. The maximum atomic E-state index is 11.5. The first-order valence-electron chi connectivity index (χ1n) is 6.17. The van der Waals surface area contributed by atoms with Crippen molar-refractivity contribution < 1.29 is 14.6 Å². The van der Waals surface area contributed by atoms with Crippen LogP contribution in [0.2, 0.25) is 5.02 Å². The van der Waals surface area contributed by atoms with E-state index in [1.54, 1.807) is 29.6 Å². The van der Waals surface area contributed by atoms with E-state index in [9.17, 15) is 14.9 Å². The fraction of sp³-hybridized carbons (Fsp3) is 0. The van der Waals surface area contributed by atoms with E-state index in [0.717, 1.165) is 17.4 Å². The van der Waals surface area contributed by atoms with E-state index in [2.05, 4.69) is 9.99 Å². The Morgan fingerprint density at radius 1 is 1.39 bits per heavy atom. The second-order valence-electron chi connectivity index (χ2n) is 4.20. The molecule has 2 N–H and O–H groups in total. The Morgan fingerprint density at radius 2 is 2.09 bits per heavy atom. The molecule has 1 aromatic carbocycles. The molecule has 0 fully saturated rings. The zero-order valence-electron chi connectivity index (χ0n) is 11.5. The van der Waals surface area contributed by atoms with E-state index in [0.29, 0.717) is 16.1 Å². The van der Waals surface area contributed by atoms with Crippen LogP contribution in [-0.4, -0.2) is 16.7 Å². The number of nitro groups is 1. The summed E-state index contributed by atoms with van der Waals surface area (Å²) in [5.74, 6) is -0.731. The SMILES string of the molecule is N/C(=N\OC(=O)C=Cc1csc([N+](=O)[O-])c1)c1ccc(Cl)cc1. The first-order valence-corrected chi connectivity index (χ1v) is 7.43. The van der Waals surface area contributed by atoms with Gasteiger partial charge in [0.05, 0.1) is 4.92 Å². The number of halogens is 1. The molecule has 0 unspecified atom stereocenters. The summed E-state index contributed by atoms with van der Waals surface area (Å²) in [6.45, 7) is 0. The standard InChI is InChI=1S/C14H10ClN3O4S/c15-11-4-2-10(3-5-11)14(16)17-22-13(19)6-1-9-7-12(18(20)21)23-8-9/h1-8H,(H2,16,17). The molecule has 9 heteroatoms. The van der Waals surface area contributed by atoms with E-state index < -0.39 is 10.9 Å². The van der Waals surface area contributed by atoms with Crippen molar-refractivity contribution in [1.82, 2.24) is 0 Å². The van der Waals surface area contributed by atoms with E-state index in [-0.39, 0.29) is 10.8 Å². The molecule has 0 spiro atoms. The number of rotatable bonds is 5. The molecule has 0 aliphatic heterocycles. The van der Waals surface area contributed by atoms with Crippen molar-refractivity contribution in [1.29, 1.82) is 0 Å². The lowest BCUT2D eigenvalue weighted by atomic mass is 10.2. The highest BCUT2D eigenvalue weighted by atomic mass is 35.5. The van der Waals surface area contributed by atoms with Gasteiger partial charge in [-0.15, -0.1) is 0 Å². The van der Waals surface area contributed by atoms with Gasteiger partial charge in [-0.1, -0.05) is 28.1 Å². The highest BCUT2D eigenvalue weighted by molar-refractivity contribution is 7.13. The summed E-state index contributed by atoms with van der Waals surface area (Å²) < 4.78 is 0. The number of hydrogen-bond acceptors (Lipinski definition) is 6. The van der Waals surface area contributed by atoms with Gasteiger partial charge >= 0.3 is 11.0 Å². The molecular weight excluding hydrogens is 342 g/mol. The number of oxime groups is 1. The molecule has 1 aromatic heterocycles. The van der Waals surface area contributed by atoms with Crippen molar-refractivity contribution in [3.05, 3.63) is 68.1 Å². The molecule has 118 valence electrons. The minimum absolute atomic E-state index is 0.0111. The molecule has 0 aliphatic rings. The number of benzene rings is 1. The molecule has 0 saturated carbocycles. The summed E-state index contributed by atoms with van der Waals surface area (Å²) in [5.41, 5.74) is 6.75.